The molecule has 0 radical (unpaired) electrons. The molecule has 0 N–H and O–H groups in total. The minimum absolute atomic E-state index is 0.326. The molecule has 1 aromatic carbocycles. The highest BCUT2D eigenvalue weighted by molar-refractivity contribution is 5.89. The first kappa shape index (κ1) is 14.7. The molecule has 1 aromatic rings. The van der Waals surface area contributed by atoms with Crippen LogP contribution in [-0.2, 0) is 4.74 Å². The third kappa shape index (κ3) is 4.14. The maximum atomic E-state index is 12.0. The highest BCUT2D eigenvalue weighted by atomic mass is 16.5. The Morgan fingerprint density at radius 3 is 2.14 bits per heavy atom. The maximum absolute atomic E-state index is 12.0. The summed E-state index contributed by atoms with van der Waals surface area (Å²) >= 11 is 0. The zero-order valence-electron chi connectivity index (χ0n) is 11.2. The number of carbonyl (C=O) groups excluding carboxylic acids is 1. The Labute approximate surface area is 121 Å². The first-order chi connectivity index (χ1) is 10.2. The van der Waals surface area contributed by atoms with Crippen LogP contribution < -0.4 is 0 Å². The number of rotatable bonds is 4. The van der Waals surface area contributed by atoms with Crippen LogP contribution in [0.2, 0.25) is 0 Å². The van der Waals surface area contributed by atoms with Crippen LogP contribution in [0.4, 0.5) is 0 Å². The number of esters is 1. The van der Waals surface area contributed by atoms with Gasteiger partial charge in [0.2, 0.25) is 0 Å². The number of hydrogen-bond acceptors (Lipinski definition) is 4. The van der Waals surface area contributed by atoms with Crippen molar-refractivity contribution in [2.75, 3.05) is 0 Å². The Morgan fingerprint density at radius 1 is 1.05 bits per heavy atom. The zero-order valence-corrected chi connectivity index (χ0v) is 11.2. The van der Waals surface area contributed by atoms with Gasteiger partial charge in [0, 0.05) is 21.9 Å². The van der Waals surface area contributed by atoms with E-state index in [0.29, 0.717) is 24.8 Å². The second-order valence-electron chi connectivity index (χ2n) is 4.82. The van der Waals surface area contributed by atoms with Crippen molar-refractivity contribution in [1.29, 1.82) is 0 Å². The second-order valence-corrected chi connectivity index (χ2v) is 4.82. The molecule has 0 aromatic heterocycles. The third-order valence-electron chi connectivity index (χ3n) is 3.33. The Bertz CT molecular complexity index is 566. The fourth-order valence-corrected chi connectivity index (χ4v) is 2.43. The standard InChI is InChI=1S/C13H14N6O2/c14-18-16-10-6-11(17-19-15)8-12(7-10)21-13(20)9-4-2-1-3-5-9/h1-5,10-12H,6-8H2. The second kappa shape index (κ2) is 7.19. The van der Waals surface area contributed by atoms with E-state index in [-0.39, 0.29) is 12.1 Å². The molecular weight excluding hydrogens is 272 g/mol. The number of benzene rings is 1. The normalized spacial score (nSPS) is 24.3. The van der Waals surface area contributed by atoms with Gasteiger partial charge in [0.1, 0.15) is 6.10 Å². The number of nitrogens with zero attached hydrogens (tertiary/aromatic N) is 6. The Kier molecular flexibility index (Phi) is 5.04. The van der Waals surface area contributed by atoms with Crippen molar-refractivity contribution in [2.45, 2.75) is 37.5 Å². The minimum Gasteiger partial charge on any atom is -0.459 e. The molecule has 2 unspecified atom stereocenters. The van der Waals surface area contributed by atoms with Gasteiger partial charge in [-0.15, -0.1) is 0 Å². The van der Waals surface area contributed by atoms with Gasteiger partial charge in [0.05, 0.1) is 5.56 Å². The summed E-state index contributed by atoms with van der Waals surface area (Å²) in [6, 6.07) is 8.00. The average molecular weight is 286 g/mol. The average Bonchev–Trinajstić information content (AvgIpc) is 2.48. The quantitative estimate of drug-likeness (QED) is 0.362. The smallest absolute Gasteiger partial charge is 0.338 e. The molecule has 2 rings (SSSR count). The predicted octanol–water partition coefficient (Wildman–Crippen LogP) is 3.75. The largest absolute Gasteiger partial charge is 0.459 e. The monoisotopic (exact) mass is 286 g/mol. The number of hydrogen-bond donors (Lipinski definition) is 0. The summed E-state index contributed by atoms with van der Waals surface area (Å²) in [6.07, 6.45) is 0.950. The van der Waals surface area contributed by atoms with E-state index in [2.05, 4.69) is 20.1 Å². The Balaban J connectivity index is 2.05. The van der Waals surface area contributed by atoms with Crippen LogP contribution >= 0.6 is 0 Å². The fraction of sp³-hybridized carbons (Fsp3) is 0.462. The molecule has 1 aliphatic carbocycles. The van der Waals surface area contributed by atoms with Gasteiger partial charge in [-0.1, -0.05) is 28.4 Å². The predicted molar refractivity (Wildman–Crippen MR) is 75.4 cm³/mol. The van der Waals surface area contributed by atoms with Gasteiger partial charge in [-0.25, -0.2) is 4.79 Å². The van der Waals surface area contributed by atoms with Crippen molar-refractivity contribution in [3.05, 3.63) is 56.8 Å². The van der Waals surface area contributed by atoms with Gasteiger partial charge in [-0.2, -0.15) is 0 Å². The van der Waals surface area contributed by atoms with Gasteiger partial charge in [-0.3, -0.25) is 0 Å². The van der Waals surface area contributed by atoms with E-state index in [1.807, 2.05) is 6.07 Å². The summed E-state index contributed by atoms with van der Waals surface area (Å²) in [5.74, 6) is -0.429. The lowest BCUT2D eigenvalue weighted by Crippen LogP contribution is -2.34. The van der Waals surface area contributed by atoms with Crippen LogP contribution in [0.1, 0.15) is 29.6 Å². The van der Waals surface area contributed by atoms with Gasteiger partial charge in [0.15, 0.2) is 0 Å². The molecule has 21 heavy (non-hydrogen) atoms. The van der Waals surface area contributed by atoms with E-state index in [1.54, 1.807) is 24.3 Å². The first-order valence-electron chi connectivity index (χ1n) is 6.57. The van der Waals surface area contributed by atoms with Gasteiger partial charge in [0.25, 0.3) is 0 Å². The van der Waals surface area contributed by atoms with E-state index in [4.69, 9.17) is 15.8 Å². The lowest BCUT2D eigenvalue weighted by molar-refractivity contribution is 0.0169. The minimum atomic E-state index is -0.429. The molecule has 1 aliphatic rings. The topological polar surface area (TPSA) is 124 Å². The van der Waals surface area contributed by atoms with Crippen LogP contribution in [0.5, 0.6) is 0 Å². The number of ether oxygens (including phenoxy) is 1. The van der Waals surface area contributed by atoms with Crippen molar-refractivity contribution in [2.24, 2.45) is 10.2 Å². The summed E-state index contributed by atoms with van der Waals surface area (Å²) in [5, 5.41) is 7.30. The molecule has 8 heteroatoms. The lowest BCUT2D eigenvalue weighted by atomic mass is 9.89. The molecule has 108 valence electrons. The Hall–Kier alpha value is -2.69. The SMILES string of the molecule is [N-]=[N+]=NC1CC(N=[N+]=[N-])CC(OC(=O)c2ccccc2)C1. The van der Waals surface area contributed by atoms with Crippen molar-refractivity contribution >= 4 is 5.97 Å². The molecule has 0 amide bonds. The van der Waals surface area contributed by atoms with Crippen LogP contribution in [0, 0.1) is 0 Å². The van der Waals surface area contributed by atoms with Crippen molar-refractivity contribution < 1.29 is 9.53 Å². The molecule has 0 aliphatic heterocycles. The molecule has 2 atom stereocenters. The number of carbonyl (C=O) groups is 1. The van der Waals surface area contributed by atoms with Crippen molar-refractivity contribution in [3.63, 3.8) is 0 Å². The Morgan fingerprint density at radius 2 is 1.62 bits per heavy atom. The van der Waals surface area contributed by atoms with Gasteiger partial charge in [-0.05, 0) is 42.5 Å². The molecule has 1 saturated carbocycles. The van der Waals surface area contributed by atoms with E-state index in [0.717, 1.165) is 0 Å². The van der Waals surface area contributed by atoms with E-state index in [1.165, 1.54) is 0 Å². The fourth-order valence-electron chi connectivity index (χ4n) is 2.43. The summed E-state index contributed by atoms with van der Waals surface area (Å²) < 4.78 is 5.42. The van der Waals surface area contributed by atoms with Gasteiger partial charge >= 0.3 is 5.97 Å². The number of azide groups is 2. The molecule has 0 bridgehead atoms. The molecule has 0 saturated heterocycles. The molecule has 0 spiro atoms. The molecule has 0 heterocycles. The van der Waals surface area contributed by atoms with E-state index in [9.17, 15) is 4.79 Å². The van der Waals surface area contributed by atoms with Crippen LogP contribution in [0.3, 0.4) is 0 Å². The zero-order chi connectivity index (χ0) is 15.1. The highest BCUT2D eigenvalue weighted by Gasteiger charge is 2.30. The summed E-state index contributed by atoms with van der Waals surface area (Å²) in [4.78, 5) is 17.6. The van der Waals surface area contributed by atoms with Crippen molar-refractivity contribution in [1.82, 2.24) is 0 Å². The van der Waals surface area contributed by atoms with Crippen LogP contribution in [0.15, 0.2) is 40.6 Å². The van der Waals surface area contributed by atoms with E-state index < -0.39 is 12.1 Å². The molecular formula is C13H14N6O2. The highest BCUT2D eigenvalue weighted by Crippen LogP contribution is 2.27. The van der Waals surface area contributed by atoms with Crippen molar-refractivity contribution in [3.8, 4) is 0 Å². The summed E-state index contributed by atoms with van der Waals surface area (Å²) in [7, 11) is 0. The molecule has 8 nitrogen and oxygen atoms in total. The lowest BCUT2D eigenvalue weighted by Gasteiger charge is -2.30. The van der Waals surface area contributed by atoms with Crippen LogP contribution in [-0.4, -0.2) is 24.2 Å². The first-order valence-corrected chi connectivity index (χ1v) is 6.57. The summed E-state index contributed by atoms with van der Waals surface area (Å²) in [5.41, 5.74) is 17.5. The third-order valence-corrected chi connectivity index (χ3v) is 3.33. The molecule has 1 fully saturated rings. The van der Waals surface area contributed by atoms with Crippen LogP contribution in [0.25, 0.3) is 20.9 Å². The maximum Gasteiger partial charge on any atom is 0.338 e. The van der Waals surface area contributed by atoms with E-state index >= 15 is 0 Å². The summed E-state index contributed by atoms with van der Waals surface area (Å²) in [6.45, 7) is 0. The van der Waals surface area contributed by atoms with Gasteiger partial charge < -0.3 is 4.74 Å².